The molecule has 5 rings (SSSR count). The molecule has 3 aromatic carbocycles. The van der Waals surface area contributed by atoms with Gasteiger partial charge >= 0.3 is 0 Å². The van der Waals surface area contributed by atoms with Crippen LogP contribution in [0, 0.1) is 5.92 Å². The molecule has 8 heteroatoms. The molecule has 0 amide bonds. The molecule has 0 bridgehead atoms. The lowest BCUT2D eigenvalue weighted by atomic mass is 9.77. The fourth-order valence-electron chi connectivity index (χ4n) is 4.80. The Balaban J connectivity index is 1.46. The van der Waals surface area contributed by atoms with Crippen LogP contribution in [0.5, 0.6) is 11.5 Å². The summed E-state index contributed by atoms with van der Waals surface area (Å²) in [5.41, 5.74) is 4.06. The first kappa shape index (κ1) is 24.1. The van der Waals surface area contributed by atoms with Crippen LogP contribution in [0.2, 0.25) is 20.1 Å². The van der Waals surface area contributed by atoms with Crippen LogP contribution < -0.4 is 14.8 Å². The smallest absolute Gasteiger partial charge is 0.175 e. The van der Waals surface area contributed by atoms with Crippen LogP contribution in [0.1, 0.15) is 35.1 Å². The van der Waals surface area contributed by atoms with Crippen LogP contribution >= 0.6 is 62.3 Å². The summed E-state index contributed by atoms with van der Waals surface area (Å²) >= 11 is 28.8. The molecule has 3 nitrogen and oxygen atoms in total. The minimum Gasteiger partial charge on any atom is -0.493 e. The Kier molecular flexibility index (Phi) is 6.98. The molecule has 3 aromatic rings. The van der Waals surface area contributed by atoms with E-state index in [0.29, 0.717) is 44.1 Å². The average molecular weight is 600 g/mol. The minimum atomic E-state index is 0.0421. The highest BCUT2D eigenvalue weighted by atomic mass is 79.9. The Morgan fingerprint density at radius 1 is 1.00 bits per heavy atom. The third-order valence-corrected chi connectivity index (χ3v) is 8.21. The van der Waals surface area contributed by atoms with E-state index in [1.165, 1.54) is 0 Å². The Morgan fingerprint density at radius 2 is 1.82 bits per heavy atom. The zero-order valence-corrected chi connectivity index (χ0v) is 22.7. The third kappa shape index (κ3) is 4.52. The number of ether oxygens (including phenoxy) is 2. The standard InChI is InChI=1S/C26H20BrCl4NO2/c1-33-23-9-14(8-19(27)26(23)34-12-13-5-6-20(29)21(30)7-13)24-17-4-2-3-16(17)18-10-15(28)11-22(31)25(18)32-24/h2-3,5-11,16-17,24,32H,4,12H2,1H3/t16-,17+,24+/m1/s1. The van der Waals surface area contributed by atoms with Crippen LogP contribution in [0.15, 0.2) is 59.1 Å². The normalized spacial score (nSPS) is 20.5. The first-order chi connectivity index (χ1) is 16.4. The highest BCUT2D eigenvalue weighted by molar-refractivity contribution is 9.10. The molecule has 1 N–H and O–H groups in total. The second-order valence-corrected chi connectivity index (χ2v) is 10.9. The van der Waals surface area contributed by atoms with Crippen molar-refractivity contribution in [1.82, 2.24) is 0 Å². The van der Waals surface area contributed by atoms with Crippen molar-refractivity contribution in [1.29, 1.82) is 0 Å². The molecule has 34 heavy (non-hydrogen) atoms. The van der Waals surface area contributed by atoms with Crippen LogP contribution in [0.3, 0.4) is 0 Å². The molecule has 1 heterocycles. The van der Waals surface area contributed by atoms with E-state index >= 15 is 0 Å². The van der Waals surface area contributed by atoms with Crippen LogP contribution in [0.25, 0.3) is 0 Å². The molecule has 0 spiro atoms. The summed E-state index contributed by atoms with van der Waals surface area (Å²) in [4.78, 5) is 0. The van der Waals surface area contributed by atoms with Gasteiger partial charge in [-0.25, -0.2) is 0 Å². The van der Waals surface area contributed by atoms with Gasteiger partial charge in [-0.3, -0.25) is 0 Å². The second kappa shape index (κ2) is 9.83. The van der Waals surface area contributed by atoms with Gasteiger partial charge in [0.05, 0.1) is 38.4 Å². The number of methoxy groups -OCH3 is 1. The largest absolute Gasteiger partial charge is 0.493 e. The van der Waals surface area contributed by atoms with Gasteiger partial charge in [0.15, 0.2) is 11.5 Å². The van der Waals surface area contributed by atoms with E-state index in [9.17, 15) is 0 Å². The predicted octanol–water partition coefficient (Wildman–Crippen LogP) is 9.48. The summed E-state index contributed by atoms with van der Waals surface area (Å²) in [5, 5.41) is 5.95. The maximum absolute atomic E-state index is 6.58. The van der Waals surface area contributed by atoms with Crippen molar-refractivity contribution in [3.05, 3.63) is 95.9 Å². The van der Waals surface area contributed by atoms with Crippen molar-refractivity contribution in [2.45, 2.75) is 25.0 Å². The average Bonchev–Trinajstić information content (AvgIpc) is 3.30. The highest BCUT2D eigenvalue weighted by Crippen LogP contribution is 2.53. The van der Waals surface area contributed by atoms with Gasteiger partial charge in [0.1, 0.15) is 6.61 Å². The number of hydrogen-bond donors (Lipinski definition) is 1. The van der Waals surface area contributed by atoms with Crippen LogP contribution in [0.4, 0.5) is 5.69 Å². The molecule has 0 fully saturated rings. The molecule has 0 saturated heterocycles. The monoisotopic (exact) mass is 597 g/mol. The minimum absolute atomic E-state index is 0.0421. The number of rotatable bonds is 5. The third-order valence-electron chi connectivity index (χ3n) is 6.36. The van der Waals surface area contributed by atoms with Crippen molar-refractivity contribution < 1.29 is 9.47 Å². The van der Waals surface area contributed by atoms with E-state index in [0.717, 1.165) is 33.3 Å². The summed E-state index contributed by atoms with van der Waals surface area (Å²) in [6, 6.07) is 13.4. The first-order valence-electron chi connectivity index (χ1n) is 10.7. The number of benzene rings is 3. The topological polar surface area (TPSA) is 30.5 Å². The lowest BCUT2D eigenvalue weighted by molar-refractivity contribution is 0.282. The summed E-state index contributed by atoms with van der Waals surface area (Å²) in [7, 11) is 1.64. The molecular formula is C26H20BrCl4NO2. The summed E-state index contributed by atoms with van der Waals surface area (Å²) in [6.45, 7) is 0.325. The maximum Gasteiger partial charge on any atom is 0.175 e. The zero-order valence-electron chi connectivity index (χ0n) is 18.0. The number of hydrogen-bond acceptors (Lipinski definition) is 3. The molecular weight excluding hydrogens is 580 g/mol. The highest BCUT2D eigenvalue weighted by Gasteiger charge is 2.39. The van der Waals surface area contributed by atoms with E-state index in [-0.39, 0.29) is 12.0 Å². The SMILES string of the molecule is COc1cc([C@@H]2Nc3c(Cl)cc(Cl)cc3[C@@H]3C=CC[C@@H]32)cc(Br)c1OCc1ccc(Cl)c(Cl)c1. The van der Waals surface area contributed by atoms with E-state index in [1.54, 1.807) is 25.3 Å². The van der Waals surface area contributed by atoms with Gasteiger partial charge in [0, 0.05) is 10.9 Å². The second-order valence-electron chi connectivity index (χ2n) is 8.40. The molecule has 2 aliphatic rings. The van der Waals surface area contributed by atoms with E-state index < -0.39 is 0 Å². The van der Waals surface area contributed by atoms with Gasteiger partial charge in [0.25, 0.3) is 0 Å². The van der Waals surface area contributed by atoms with E-state index in [4.69, 9.17) is 55.9 Å². The summed E-state index contributed by atoms with van der Waals surface area (Å²) < 4.78 is 12.6. The lowest BCUT2D eigenvalue weighted by Gasteiger charge is -2.38. The molecule has 0 radical (unpaired) electrons. The Bertz CT molecular complexity index is 1300. The quantitative estimate of drug-likeness (QED) is 0.296. The fraction of sp³-hybridized carbons (Fsp3) is 0.231. The number of fused-ring (bicyclic) bond motifs is 3. The number of allylic oxidation sites excluding steroid dienone is 2. The van der Waals surface area contributed by atoms with Crippen molar-refractivity contribution in [2.75, 3.05) is 12.4 Å². The van der Waals surface area contributed by atoms with E-state index in [1.807, 2.05) is 18.2 Å². The van der Waals surface area contributed by atoms with Crippen molar-refractivity contribution >= 4 is 68.0 Å². The van der Waals surface area contributed by atoms with Gasteiger partial charge in [-0.2, -0.15) is 0 Å². The zero-order chi connectivity index (χ0) is 24.0. The van der Waals surface area contributed by atoms with Gasteiger partial charge in [0.2, 0.25) is 0 Å². The molecule has 176 valence electrons. The Morgan fingerprint density at radius 3 is 2.59 bits per heavy atom. The maximum atomic E-state index is 6.58. The molecule has 1 aliphatic heterocycles. The predicted molar refractivity (Wildman–Crippen MR) is 144 cm³/mol. The molecule has 0 saturated carbocycles. The lowest BCUT2D eigenvalue weighted by Crippen LogP contribution is -2.29. The van der Waals surface area contributed by atoms with Crippen molar-refractivity contribution in [2.24, 2.45) is 5.92 Å². The molecule has 1 aliphatic carbocycles. The van der Waals surface area contributed by atoms with Gasteiger partial charge in [-0.05, 0) is 81.4 Å². The number of anilines is 1. The molecule has 3 atom stereocenters. The van der Waals surface area contributed by atoms with Crippen LogP contribution in [-0.2, 0) is 6.61 Å². The molecule has 0 aromatic heterocycles. The summed E-state index contributed by atoms with van der Waals surface area (Å²) in [5.74, 6) is 1.84. The van der Waals surface area contributed by atoms with E-state index in [2.05, 4.69) is 39.5 Å². The summed E-state index contributed by atoms with van der Waals surface area (Å²) in [6.07, 6.45) is 5.45. The van der Waals surface area contributed by atoms with Crippen molar-refractivity contribution in [3.63, 3.8) is 0 Å². The van der Waals surface area contributed by atoms with Crippen LogP contribution in [-0.4, -0.2) is 7.11 Å². The number of halogens is 5. The van der Waals surface area contributed by atoms with Gasteiger partial charge in [-0.15, -0.1) is 0 Å². The van der Waals surface area contributed by atoms with Crippen molar-refractivity contribution in [3.8, 4) is 11.5 Å². The first-order valence-corrected chi connectivity index (χ1v) is 13.0. The molecule has 0 unspecified atom stereocenters. The van der Waals surface area contributed by atoms with Gasteiger partial charge in [-0.1, -0.05) is 64.6 Å². The van der Waals surface area contributed by atoms with Gasteiger partial charge < -0.3 is 14.8 Å². The fourth-order valence-corrected chi connectivity index (χ4v) is 6.25. The Hall–Kier alpha value is -1.56. The number of nitrogens with one attached hydrogen (secondary N) is 1. The Labute approximate surface area is 227 Å².